The van der Waals surface area contributed by atoms with Gasteiger partial charge in [0.2, 0.25) is 11.8 Å². The van der Waals surface area contributed by atoms with Gasteiger partial charge in [-0.1, -0.05) is 48.5 Å². The first-order valence-corrected chi connectivity index (χ1v) is 10.5. The zero-order chi connectivity index (χ0) is 22.1. The third-order valence-electron chi connectivity index (χ3n) is 6.77. The molecule has 0 radical (unpaired) electrons. The lowest BCUT2D eigenvalue weighted by Crippen LogP contribution is -2.43. The van der Waals surface area contributed by atoms with Crippen molar-refractivity contribution in [1.82, 2.24) is 9.97 Å². The standard InChI is InChI=1S/C25H19N3O4/c1-15(29)14-24-18-19(23(31)28(22(18)30)17-10-6-3-7-11-17)25(32-24,16-8-4-2-5-9-16)21-20(24)26-12-13-27-21/h2-13,18-19H,14H2,1H3/t18?,19?,24-,25+/m1/s1. The quantitative estimate of drug-likeness (QED) is 0.597. The Morgan fingerprint density at radius 1 is 0.906 bits per heavy atom. The second-order valence-corrected chi connectivity index (χ2v) is 8.53. The Morgan fingerprint density at radius 3 is 2.16 bits per heavy atom. The van der Waals surface area contributed by atoms with Gasteiger partial charge >= 0.3 is 0 Å². The highest BCUT2D eigenvalue weighted by Gasteiger charge is 2.79. The third kappa shape index (κ3) is 2.16. The summed E-state index contributed by atoms with van der Waals surface area (Å²) in [5, 5.41) is 0. The maximum Gasteiger partial charge on any atom is 0.241 e. The van der Waals surface area contributed by atoms with Crippen LogP contribution in [0.5, 0.6) is 0 Å². The molecular weight excluding hydrogens is 406 g/mol. The third-order valence-corrected chi connectivity index (χ3v) is 6.77. The normalized spacial score (nSPS) is 29.8. The number of para-hydroxylation sites is 1. The molecule has 32 heavy (non-hydrogen) atoms. The predicted molar refractivity (Wildman–Crippen MR) is 113 cm³/mol. The number of imide groups is 1. The molecule has 6 rings (SSSR count). The van der Waals surface area contributed by atoms with Crippen molar-refractivity contribution in [1.29, 1.82) is 0 Å². The van der Waals surface area contributed by atoms with Crippen molar-refractivity contribution >= 4 is 23.3 Å². The second kappa shape index (κ2) is 6.40. The minimum Gasteiger partial charge on any atom is -0.349 e. The summed E-state index contributed by atoms with van der Waals surface area (Å²) in [5.41, 5.74) is -0.438. The van der Waals surface area contributed by atoms with E-state index in [0.717, 1.165) is 5.56 Å². The topological polar surface area (TPSA) is 89.5 Å². The fourth-order valence-electron chi connectivity index (χ4n) is 5.77. The van der Waals surface area contributed by atoms with Crippen molar-refractivity contribution in [2.45, 2.75) is 24.5 Å². The van der Waals surface area contributed by atoms with Gasteiger partial charge in [0.1, 0.15) is 17.1 Å². The first-order chi connectivity index (χ1) is 15.5. The number of nitrogens with zero attached hydrogens (tertiary/aromatic N) is 3. The Hall–Kier alpha value is -3.71. The van der Waals surface area contributed by atoms with Crippen molar-refractivity contribution < 1.29 is 19.1 Å². The van der Waals surface area contributed by atoms with Crippen LogP contribution in [-0.2, 0) is 30.3 Å². The zero-order valence-corrected chi connectivity index (χ0v) is 17.3. The Kier molecular flexibility index (Phi) is 3.80. The molecule has 2 fully saturated rings. The van der Waals surface area contributed by atoms with E-state index < -0.39 is 23.0 Å². The van der Waals surface area contributed by atoms with E-state index >= 15 is 0 Å². The van der Waals surface area contributed by atoms with Gasteiger partial charge < -0.3 is 4.74 Å². The van der Waals surface area contributed by atoms with E-state index in [1.807, 2.05) is 36.4 Å². The Morgan fingerprint density at radius 2 is 1.50 bits per heavy atom. The minimum absolute atomic E-state index is 0.0594. The van der Waals surface area contributed by atoms with Gasteiger partial charge in [0.05, 0.1) is 23.2 Å². The molecule has 1 aromatic heterocycles. The van der Waals surface area contributed by atoms with Crippen LogP contribution in [0, 0.1) is 11.8 Å². The van der Waals surface area contributed by atoms with Gasteiger partial charge in [0, 0.05) is 18.8 Å². The number of amides is 2. The molecule has 3 aliphatic heterocycles. The molecule has 7 nitrogen and oxygen atoms in total. The van der Waals surface area contributed by atoms with Crippen LogP contribution < -0.4 is 4.90 Å². The lowest BCUT2D eigenvalue weighted by Gasteiger charge is -2.32. The smallest absolute Gasteiger partial charge is 0.241 e. The monoisotopic (exact) mass is 425 g/mol. The van der Waals surface area contributed by atoms with E-state index in [1.54, 1.807) is 30.5 Å². The number of carbonyl (C=O) groups is 3. The largest absolute Gasteiger partial charge is 0.349 e. The van der Waals surface area contributed by atoms with E-state index in [-0.39, 0.29) is 24.0 Å². The van der Waals surface area contributed by atoms with E-state index in [4.69, 9.17) is 4.74 Å². The van der Waals surface area contributed by atoms with Crippen molar-refractivity contribution in [3.63, 3.8) is 0 Å². The number of anilines is 1. The van der Waals surface area contributed by atoms with Gasteiger partial charge in [-0.05, 0) is 24.6 Å². The van der Waals surface area contributed by atoms with E-state index in [1.165, 1.54) is 18.0 Å². The summed E-state index contributed by atoms with van der Waals surface area (Å²) in [4.78, 5) is 50.5. The van der Waals surface area contributed by atoms with Crippen LogP contribution in [0.3, 0.4) is 0 Å². The summed E-state index contributed by atoms with van der Waals surface area (Å²) in [5.74, 6) is -2.59. The van der Waals surface area contributed by atoms with Crippen LogP contribution in [-0.4, -0.2) is 27.6 Å². The number of fused-ring (bicyclic) bond motifs is 8. The van der Waals surface area contributed by atoms with Gasteiger partial charge in [0.15, 0.2) is 5.60 Å². The van der Waals surface area contributed by atoms with E-state index in [0.29, 0.717) is 17.1 Å². The lowest BCUT2D eigenvalue weighted by molar-refractivity contribution is -0.140. The fourth-order valence-corrected chi connectivity index (χ4v) is 5.77. The molecule has 2 aromatic carbocycles. The van der Waals surface area contributed by atoms with E-state index in [2.05, 4.69) is 9.97 Å². The molecule has 2 saturated heterocycles. The zero-order valence-electron chi connectivity index (χ0n) is 17.3. The fraction of sp³-hybridized carbons (Fsp3) is 0.240. The molecule has 4 atom stereocenters. The number of aromatic nitrogens is 2. The van der Waals surface area contributed by atoms with Crippen LogP contribution >= 0.6 is 0 Å². The molecule has 3 aromatic rings. The number of benzene rings is 2. The number of rotatable bonds is 4. The Labute approximate surface area is 184 Å². The van der Waals surface area contributed by atoms with Gasteiger partial charge in [0.25, 0.3) is 0 Å². The van der Waals surface area contributed by atoms with Gasteiger partial charge in [-0.3, -0.25) is 24.4 Å². The highest BCUT2D eigenvalue weighted by Crippen LogP contribution is 2.69. The lowest BCUT2D eigenvalue weighted by atomic mass is 9.65. The van der Waals surface area contributed by atoms with Crippen LogP contribution in [0.4, 0.5) is 5.69 Å². The summed E-state index contributed by atoms with van der Waals surface area (Å²) in [6, 6.07) is 18.2. The highest BCUT2D eigenvalue weighted by molar-refractivity contribution is 6.23. The van der Waals surface area contributed by atoms with Gasteiger partial charge in [-0.25, -0.2) is 4.90 Å². The molecule has 0 N–H and O–H groups in total. The van der Waals surface area contributed by atoms with Crippen LogP contribution in [0.25, 0.3) is 0 Å². The van der Waals surface area contributed by atoms with Gasteiger partial charge in [-0.15, -0.1) is 0 Å². The van der Waals surface area contributed by atoms with Crippen LogP contribution in [0.15, 0.2) is 73.1 Å². The Bertz CT molecular complexity index is 1280. The highest BCUT2D eigenvalue weighted by atomic mass is 16.5. The summed E-state index contributed by atoms with van der Waals surface area (Å²) >= 11 is 0. The molecule has 7 heteroatoms. The molecule has 2 bridgehead atoms. The van der Waals surface area contributed by atoms with E-state index in [9.17, 15) is 14.4 Å². The minimum atomic E-state index is -1.34. The van der Waals surface area contributed by atoms with Crippen molar-refractivity contribution in [3.05, 3.63) is 90.0 Å². The van der Waals surface area contributed by atoms with Gasteiger partial charge in [-0.2, -0.15) is 0 Å². The predicted octanol–water partition coefficient (Wildman–Crippen LogP) is 2.74. The first kappa shape index (κ1) is 19.0. The number of ketones is 1. The van der Waals surface area contributed by atoms with Crippen molar-refractivity contribution in [2.24, 2.45) is 11.8 Å². The number of hydrogen-bond acceptors (Lipinski definition) is 6. The summed E-state index contributed by atoms with van der Waals surface area (Å²) in [7, 11) is 0. The molecule has 0 saturated carbocycles. The SMILES string of the molecule is CC(=O)C[C@]12O[C@](c3ccccc3)(c3nccnc31)C1C(=O)N(c3ccccc3)C(=O)C12. The molecule has 2 unspecified atom stereocenters. The number of carbonyl (C=O) groups excluding carboxylic acids is 3. The molecule has 0 spiro atoms. The molecule has 3 aliphatic rings. The summed E-state index contributed by atoms with van der Waals surface area (Å²) in [6.07, 6.45) is 3.03. The number of ether oxygens (including phenoxy) is 1. The second-order valence-electron chi connectivity index (χ2n) is 8.53. The number of Topliss-reactive ketones (excluding diaryl/α,β-unsaturated/α-hetero) is 1. The maximum atomic E-state index is 13.9. The molecule has 2 amide bonds. The number of hydrogen-bond donors (Lipinski definition) is 0. The van der Waals surface area contributed by atoms with Crippen LogP contribution in [0.1, 0.15) is 30.3 Å². The first-order valence-electron chi connectivity index (χ1n) is 10.5. The van der Waals surface area contributed by atoms with Crippen molar-refractivity contribution in [3.8, 4) is 0 Å². The van der Waals surface area contributed by atoms with Crippen LogP contribution in [0.2, 0.25) is 0 Å². The average Bonchev–Trinajstić information content (AvgIpc) is 3.38. The maximum absolute atomic E-state index is 13.9. The summed E-state index contributed by atoms with van der Waals surface area (Å²) < 4.78 is 6.69. The molecule has 0 aliphatic carbocycles. The molecular formula is C25H19N3O4. The molecule has 4 heterocycles. The summed E-state index contributed by atoms with van der Waals surface area (Å²) in [6.45, 7) is 1.46. The van der Waals surface area contributed by atoms with Crippen molar-refractivity contribution in [2.75, 3.05) is 4.90 Å². The Balaban J connectivity index is 1.65. The average molecular weight is 425 g/mol. The molecule has 158 valence electrons.